The number of primary amides is 2. The Labute approximate surface area is 477 Å². The van der Waals surface area contributed by atoms with Crippen LogP contribution in [-0.4, -0.2) is 86.8 Å². The summed E-state index contributed by atoms with van der Waals surface area (Å²) in [4.78, 5) is 30.5. The normalized spacial score (nSPS) is 15.2. The zero-order chi connectivity index (χ0) is 59.3. The molecular formula is C56H62Cl3F3N6O10S2. The Morgan fingerprint density at radius 3 is 1.46 bits per heavy atom. The Balaban J connectivity index is 1.48. The van der Waals surface area contributed by atoms with Crippen molar-refractivity contribution in [3.8, 4) is 11.5 Å². The topological polar surface area (TPSA) is 284 Å². The van der Waals surface area contributed by atoms with Crippen LogP contribution in [0.5, 0.6) is 11.5 Å². The van der Waals surface area contributed by atoms with Gasteiger partial charge in [0.2, 0.25) is 31.9 Å². The molecule has 6 aromatic carbocycles. The van der Waals surface area contributed by atoms with E-state index in [1.54, 1.807) is 62.4 Å². The number of hydrogen-bond acceptors (Lipinski definition) is 12. The number of carbonyl (C=O) groups is 2. The van der Waals surface area contributed by atoms with Crippen LogP contribution in [0.25, 0.3) is 0 Å². The van der Waals surface area contributed by atoms with Crippen molar-refractivity contribution < 1.29 is 60.0 Å². The van der Waals surface area contributed by atoms with Crippen LogP contribution >= 0.6 is 34.8 Å². The summed E-state index contributed by atoms with van der Waals surface area (Å²) in [6.45, 7) is 5.17. The van der Waals surface area contributed by atoms with Gasteiger partial charge in [-0.05, 0) is 145 Å². The van der Waals surface area contributed by atoms with Gasteiger partial charge >= 0.3 is 6.18 Å². The number of anilines is 2. The van der Waals surface area contributed by atoms with Crippen LogP contribution in [0.15, 0.2) is 115 Å². The summed E-state index contributed by atoms with van der Waals surface area (Å²) in [5.41, 5.74) is 9.91. The minimum absolute atomic E-state index is 0.0510. The molecule has 0 aliphatic heterocycles. The number of benzene rings is 6. The second-order valence-electron chi connectivity index (χ2n) is 20.1. The lowest BCUT2D eigenvalue weighted by atomic mass is 9.51. The van der Waals surface area contributed by atoms with E-state index < -0.39 is 96.6 Å². The highest BCUT2D eigenvalue weighted by Gasteiger charge is 2.61. The van der Waals surface area contributed by atoms with E-state index in [-0.39, 0.29) is 86.7 Å². The summed E-state index contributed by atoms with van der Waals surface area (Å²) in [5, 5.41) is 49.0. The number of sulfonamides is 2. The maximum Gasteiger partial charge on any atom is 0.417 e. The predicted octanol–water partition coefficient (Wildman–Crippen LogP) is 8.27. The average Bonchev–Trinajstić information content (AvgIpc) is 3.51. The van der Waals surface area contributed by atoms with Gasteiger partial charge in [-0.15, -0.1) is 0 Å². The Kier molecular flexibility index (Phi) is 20.0. The molecule has 0 bridgehead atoms. The van der Waals surface area contributed by atoms with Crippen molar-refractivity contribution in [3.63, 3.8) is 0 Å². The van der Waals surface area contributed by atoms with Crippen LogP contribution in [0.2, 0.25) is 15.1 Å². The van der Waals surface area contributed by atoms with Crippen molar-refractivity contribution in [1.29, 1.82) is 0 Å². The molecule has 0 saturated heterocycles. The molecule has 430 valence electrons. The number of aliphatic hydroxyl groups excluding tert-OH is 2. The molecule has 2 amide bonds. The lowest BCUT2D eigenvalue weighted by Gasteiger charge is -2.48. The number of rotatable bonds is 25. The van der Waals surface area contributed by atoms with E-state index in [2.05, 4.69) is 20.1 Å². The van der Waals surface area contributed by atoms with Gasteiger partial charge in [0.15, 0.2) is 0 Å². The molecule has 0 fully saturated rings. The van der Waals surface area contributed by atoms with Crippen molar-refractivity contribution in [3.05, 3.63) is 186 Å². The number of phenols is 2. The number of phenolic OH excluding ortho intramolecular Hbond substituents is 2. The molecule has 6 atom stereocenters. The minimum Gasteiger partial charge on any atom is -0.506 e. The maximum atomic E-state index is 15.3. The number of halogens is 6. The van der Waals surface area contributed by atoms with E-state index in [0.29, 0.717) is 22.3 Å². The molecule has 0 radical (unpaired) electrons. The summed E-state index contributed by atoms with van der Waals surface area (Å²) >= 11 is 19.6. The van der Waals surface area contributed by atoms with Gasteiger partial charge in [-0.3, -0.25) is 19.0 Å². The van der Waals surface area contributed by atoms with E-state index >= 15 is 9.59 Å². The molecule has 0 saturated carbocycles. The fraction of sp³-hybridized carbons (Fsp3) is 0.321. The molecule has 0 spiro atoms. The summed E-state index contributed by atoms with van der Waals surface area (Å²) in [7, 11) is -7.55. The first kappa shape index (κ1) is 63.0. The molecular weight excluding hydrogens is 1140 g/mol. The highest BCUT2D eigenvalue weighted by atomic mass is 35.5. The number of hydrogen-bond donors (Lipinski definition) is 10. The first-order chi connectivity index (χ1) is 37.2. The first-order valence-electron chi connectivity index (χ1n) is 24.8. The monoisotopic (exact) mass is 1200 g/mol. The number of nitrogens with two attached hydrogens (primary N) is 2. The number of carbonyl (C=O) groups excluding carboxylic acids is 2. The zero-order valence-electron chi connectivity index (χ0n) is 44.0. The second-order valence-corrected chi connectivity index (χ2v) is 24.9. The summed E-state index contributed by atoms with van der Waals surface area (Å²) < 4.78 is 96.1. The van der Waals surface area contributed by atoms with Gasteiger partial charge < -0.3 is 42.5 Å². The number of aromatic hydroxyl groups is 2. The van der Waals surface area contributed by atoms with Crippen LogP contribution in [0.1, 0.15) is 81.7 Å². The molecule has 16 nitrogen and oxygen atoms in total. The summed E-state index contributed by atoms with van der Waals surface area (Å²) in [5.74, 6) is -2.96. The third-order valence-electron chi connectivity index (χ3n) is 13.8. The van der Waals surface area contributed by atoms with Crippen molar-refractivity contribution in [1.82, 2.24) is 10.6 Å². The fourth-order valence-electron chi connectivity index (χ4n) is 10.0. The Hall–Kier alpha value is -6.14. The minimum atomic E-state index is -4.96. The largest absolute Gasteiger partial charge is 0.506 e. The maximum absolute atomic E-state index is 15.3. The van der Waals surface area contributed by atoms with E-state index in [4.69, 9.17) is 46.3 Å². The Morgan fingerprint density at radius 2 is 1.05 bits per heavy atom. The van der Waals surface area contributed by atoms with Crippen molar-refractivity contribution in [2.24, 2.45) is 11.5 Å². The third kappa shape index (κ3) is 15.2. The number of amides is 2. The number of aliphatic hydroxyl groups is 2. The molecule has 0 aromatic heterocycles. The molecule has 0 aliphatic carbocycles. The highest BCUT2D eigenvalue weighted by Crippen LogP contribution is 2.51. The molecule has 6 aromatic rings. The molecule has 24 heteroatoms. The van der Waals surface area contributed by atoms with Crippen LogP contribution in [0.3, 0.4) is 0 Å². The zero-order valence-corrected chi connectivity index (χ0v) is 47.9. The van der Waals surface area contributed by atoms with Crippen molar-refractivity contribution in [2.45, 2.75) is 87.8 Å². The van der Waals surface area contributed by atoms with Crippen LogP contribution in [-0.2, 0) is 72.3 Å². The Morgan fingerprint density at radius 1 is 0.600 bits per heavy atom. The first-order valence-corrected chi connectivity index (χ1v) is 29.7. The molecule has 12 N–H and O–H groups in total. The van der Waals surface area contributed by atoms with Crippen LogP contribution < -0.4 is 31.5 Å². The summed E-state index contributed by atoms with van der Waals surface area (Å²) in [6.07, 6.45) is -6.21. The second kappa shape index (κ2) is 25.3. The standard InChI is InChI=1S/C56H62Cl3F3N6O10S2/c1-31-18-41(57)26-45(59)42(31)28-55(53(64)74,40-11-7-9-35(22-40)20-33(3)66-30-51(72)38-14-17-49(70)47(25-38)68-80(5,77)78)54(52(63)73,27-36-12-15-44(58)43(23-36)56(60,61)62)39-10-6-8-34(21-39)19-32(2)65-29-50(71)37-13-16-48(69)46(24-37)67-79(4,75)76/h6-18,21-26,32-33,50-51,65-72H,19-20,27-30H2,1-5H3,(H2,63,73)(H2,64,74)/t32-,33-,50-,51-,54?,55?/m1/s1. The highest BCUT2D eigenvalue weighted by molar-refractivity contribution is 7.92. The van der Waals surface area contributed by atoms with Gasteiger partial charge in [0, 0.05) is 35.2 Å². The van der Waals surface area contributed by atoms with Gasteiger partial charge in [-0.25, -0.2) is 16.8 Å². The molecule has 80 heavy (non-hydrogen) atoms. The van der Waals surface area contributed by atoms with Crippen molar-refractivity contribution in [2.75, 3.05) is 35.0 Å². The van der Waals surface area contributed by atoms with E-state index in [0.717, 1.165) is 24.6 Å². The quantitative estimate of drug-likeness (QED) is 0.0243. The lowest BCUT2D eigenvalue weighted by Crippen LogP contribution is -2.65. The van der Waals surface area contributed by atoms with Gasteiger partial charge in [0.1, 0.15) is 11.5 Å². The fourth-order valence-corrected chi connectivity index (χ4v) is 12.0. The van der Waals surface area contributed by atoms with Gasteiger partial charge in [0.05, 0.1) is 57.5 Å². The smallest absolute Gasteiger partial charge is 0.417 e. The molecule has 0 aliphatic rings. The molecule has 2 unspecified atom stereocenters. The molecule has 0 heterocycles. The Bertz CT molecular complexity index is 3480. The SMILES string of the molecule is Cc1cc(Cl)cc(Cl)c1CC(C(N)=O)(c1cccc(C[C@@H](C)NC[C@@H](O)c2ccc(O)c(NS(C)(=O)=O)c2)c1)C(Cc1ccc(Cl)c(C(F)(F)F)c1)(C(N)=O)c1cccc(C[C@@H](C)NC[C@@H](O)c2ccc(O)c(NS(C)(=O)=O)c2)c1. The van der Waals surface area contributed by atoms with Gasteiger partial charge in [-0.1, -0.05) is 102 Å². The van der Waals surface area contributed by atoms with Crippen molar-refractivity contribution >= 4 is 78.0 Å². The van der Waals surface area contributed by atoms with Gasteiger partial charge in [-0.2, -0.15) is 13.2 Å². The molecule has 6 rings (SSSR count). The number of aryl methyl sites for hydroxylation is 1. The number of nitrogens with one attached hydrogen (secondary N) is 4. The predicted molar refractivity (Wildman–Crippen MR) is 305 cm³/mol. The van der Waals surface area contributed by atoms with E-state index in [1.807, 2.05) is 6.92 Å². The van der Waals surface area contributed by atoms with Crippen LogP contribution in [0.4, 0.5) is 24.5 Å². The number of alkyl halides is 3. The van der Waals surface area contributed by atoms with Gasteiger partial charge in [0.25, 0.3) is 0 Å². The summed E-state index contributed by atoms with van der Waals surface area (Å²) in [6, 6.07) is 26.3. The lowest BCUT2D eigenvalue weighted by molar-refractivity contribution is -0.137. The van der Waals surface area contributed by atoms with E-state index in [9.17, 15) is 50.4 Å². The van der Waals surface area contributed by atoms with Crippen LogP contribution in [0, 0.1) is 6.92 Å². The van der Waals surface area contributed by atoms with E-state index in [1.165, 1.54) is 54.6 Å². The third-order valence-corrected chi connectivity index (χ3v) is 15.9. The average molecular weight is 1210 g/mol.